The van der Waals surface area contributed by atoms with Gasteiger partial charge in [0.2, 0.25) is 5.91 Å². The highest BCUT2D eigenvalue weighted by Gasteiger charge is 2.22. The molecule has 26 heavy (non-hydrogen) atoms. The van der Waals surface area contributed by atoms with Crippen molar-refractivity contribution in [2.24, 2.45) is 5.92 Å². The molecule has 2 N–H and O–H groups in total. The molecule has 0 bridgehead atoms. The maximum atomic E-state index is 12.5. The molecule has 138 valence electrons. The lowest BCUT2D eigenvalue weighted by atomic mass is 10.1. The first-order valence-corrected chi connectivity index (χ1v) is 9.50. The molecule has 2 heterocycles. The highest BCUT2D eigenvalue weighted by atomic mass is 32.1. The summed E-state index contributed by atoms with van der Waals surface area (Å²) in [4.78, 5) is 27.0. The van der Waals surface area contributed by atoms with E-state index in [1.54, 1.807) is 13.8 Å². The first kappa shape index (κ1) is 18.4. The normalized spacial score (nSPS) is 14.3. The van der Waals surface area contributed by atoms with Crippen molar-refractivity contribution in [2.75, 3.05) is 31.2 Å². The van der Waals surface area contributed by atoms with Gasteiger partial charge in [-0.15, -0.1) is 11.3 Å². The fourth-order valence-electron chi connectivity index (χ4n) is 2.64. The lowest BCUT2D eigenvalue weighted by Gasteiger charge is -2.28. The summed E-state index contributed by atoms with van der Waals surface area (Å²) in [6.45, 7) is 6.50. The molecule has 2 amide bonds. The summed E-state index contributed by atoms with van der Waals surface area (Å²) in [5.74, 6) is -0.713. The Kier molecular flexibility index (Phi) is 5.90. The average molecular weight is 373 g/mol. The summed E-state index contributed by atoms with van der Waals surface area (Å²) in [5, 5.41) is 1.06. The third-order valence-electron chi connectivity index (χ3n) is 4.14. The van der Waals surface area contributed by atoms with Gasteiger partial charge in [-0.3, -0.25) is 20.4 Å². The summed E-state index contributed by atoms with van der Waals surface area (Å²) in [6.07, 6.45) is 0. The van der Waals surface area contributed by atoms with Crippen LogP contribution in [-0.4, -0.2) is 38.1 Å². The van der Waals surface area contributed by atoms with Crippen LogP contribution in [0.5, 0.6) is 0 Å². The van der Waals surface area contributed by atoms with Crippen LogP contribution in [0, 0.1) is 5.92 Å². The van der Waals surface area contributed by atoms with Gasteiger partial charge in [0, 0.05) is 24.6 Å². The second-order valence-electron chi connectivity index (χ2n) is 6.39. The molecule has 7 heteroatoms. The number of hydrazine groups is 1. The minimum atomic E-state index is -0.305. The molecule has 0 saturated carbocycles. The smallest absolute Gasteiger partial charge is 0.279 e. The van der Waals surface area contributed by atoms with Gasteiger partial charge in [0.15, 0.2) is 0 Å². The highest BCUT2D eigenvalue weighted by molar-refractivity contribution is 7.18. The zero-order valence-corrected chi connectivity index (χ0v) is 15.8. The quantitative estimate of drug-likeness (QED) is 0.809. The van der Waals surface area contributed by atoms with E-state index in [4.69, 9.17) is 4.74 Å². The molecule has 0 aliphatic carbocycles. The van der Waals surface area contributed by atoms with Crippen molar-refractivity contribution < 1.29 is 14.3 Å². The number of benzene rings is 1. The summed E-state index contributed by atoms with van der Waals surface area (Å²) in [6, 6.07) is 11.9. The van der Waals surface area contributed by atoms with E-state index in [2.05, 4.69) is 15.8 Å². The van der Waals surface area contributed by atoms with Crippen molar-refractivity contribution in [1.82, 2.24) is 10.9 Å². The highest BCUT2D eigenvalue weighted by Crippen LogP contribution is 2.39. The van der Waals surface area contributed by atoms with Gasteiger partial charge in [0.05, 0.1) is 23.1 Å². The van der Waals surface area contributed by atoms with Crippen LogP contribution in [0.25, 0.3) is 11.1 Å². The van der Waals surface area contributed by atoms with Gasteiger partial charge in [0.1, 0.15) is 0 Å². The molecule has 1 aliphatic rings. The monoisotopic (exact) mass is 373 g/mol. The number of amides is 2. The molecule has 0 spiro atoms. The molecule has 6 nitrogen and oxygen atoms in total. The molecule has 0 atom stereocenters. The molecule has 1 aliphatic heterocycles. The third-order valence-corrected chi connectivity index (χ3v) is 5.34. The minimum absolute atomic E-state index is 0.192. The molecular formula is C19H23N3O3S. The van der Waals surface area contributed by atoms with Gasteiger partial charge in [-0.05, 0) is 11.6 Å². The van der Waals surface area contributed by atoms with E-state index in [9.17, 15) is 9.59 Å². The van der Waals surface area contributed by atoms with Crippen molar-refractivity contribution in [2.45, 2.75) is 13.8 Å². The number of rotatable bonds is 4. The lowest BCUT2D eigenvalue weighted by molar-refractivity contribution is -0.124. The summed E-state index contributed by atoms with van der Waals surface area (Å²) in [5.41, 5.74) is 7.06. The fourth-order valence-corrected chi connectivity index (χ4v) is 3.77. The van der Waals surface area contributed by atoms with Crippen molar-refractivity contribution in [3.8, 4) is 11.1 Å². The van der Waals surface area contributed by atoms with Crippen molar-refractivity contribution in [1.29, 1.82) is 0 Å². The van der Waals surface area contributed by atoms with Crippen LogP contribution in [-0.2, 0) is 9.53 Å². The summed E-state index contributed by atoms with van der Waals surface area (Å²) < 4.78 is 5.44. The maximum absolute atomic E-state index is 12.5. The Hall–Kier alpha value is -2.38. The predicted molar refractivity (Wildman–Crippen MR) is 103 cm³/mol. The van der Waals surface area contributed by atoms with E-state index in [-0.39, 0.29) is 17.7 Å². The third kappa shape index (κ3) is 4.23. The first-order chi connectivity index (χ1) is 12.6. The molecule has 1 fully saturated rings. The van der Waals surface area contributed by atoms with E-state index in [1.807, 2.05) is 36.4 Å². The van der Waals surface area contributed by atoms with Gasteiger partial charge in [-0.25, -0.2) is 0 Å². The fraction of sp³-hybridized carbons (Fsp3) is 0.368. The minimum Gasteiger partial charge on any atom is -0.378 e. The number of anilines is 1. The summed E-state index contributed by atoms with van der Waals surface area (Å²) >= 11 is 1.44. The standard InChI is InChI=1S/C19H23N3O3S/c1-13(2)17(23)20-21-18(24)16-12-15(14-6-4-3-5-7-14)19(26-16)22-8-10-25-11-9-22/h3-7,12-13H,8-11H2,1-2H3,(H,20,23)(H,21,24). The van der Waals surface area contributed by atoms with Gasteiger partial charge >= 0.3 is 0 Å². The Labute approximate surface area is 157 Å². The number of carbonyl (C=O) groups is 2. The number of thiophene rings is 1. The maximum Gasteiger partial charge on any atom is 0.279 e. The van der Waals surface area contributed by atoms with Crippen molar-refractivity contribution in [3.63, 3.8) is 0 Å². The topological polar surface area (TPSA) is 70.7 Å². The van der Waals surface area contributed by atoms with Crippen LogP contribution in [0.3, 0.4) is 0 Å². The number of nitrogens with one attached hydrogen (secondary N) is 2. The summed E-state index contributed by atoms with van der Waals surface area (Å²) in [7, 11) is 0. The Morgan fingerprint density at radius 2 is 1.81 bits per heavy atom. The molecule has 2 aromatic rings. The molecule has 1 aromatic heterocycles. The van der Waals surface area contributed by atoms with Crippen molar-refractivity contribution in [3.05, 3.63) is 41.3 Å². The Balaban J connectivity index is 1.86. The molecular weight excluding hydrogens is 350 g/mol. The van der Waals surface area contributed by atoms with Gasteiger partial charge in [-0.2, -0.15) is 0 Å². The van der Waals surface area contributed by atoms with Crippen molar-refractivity contribution >= 4 is 28.2 Å². The largest absolute Gasteiger partial charge is 0.378 e. The number of carbonyl (C=O) groups excluding carboxylic acids is 2. The molecule has 1 aromatic carbocycles. The number of hydrogen-bond donors (Lipinski definition) is 2. The molecule has 0 unspecified atom stereocenters. The number of ether oxygens (including phenoxy) is 1. The van der Waals surface area contributed by atoms with Gasteiger partial charge in [0.25, 0.3) is 5.91 Å². The lowest BCUT2D eigenvalue weighted by Crippen LogP contribution is -2.43. The van der Waals surface area contributed by atoms with Crippen LogP contribution >= 0.6 is 11.3 Å². The Morgan fingerprint density at radius 1 is 1.12 bits per heavy atom. The van der Waals surface area contributed by atoms with E-state index >= 15 is 0 Å². The average Bonchev–Trinajstić information content (AvgIpc) is 3.12. The molecule has 1 saturated heterocycles. The first-order valence-electron chi connectivity index (χ1n) is 8.68. The van der Waals surface area contributed by atoms with Crippen LogP contribution in [0.15, 0.2) is 36.4 Å². The molecule has 3 rings (SSSR count). The second kappa shape index (κ2) is 8.33. The zero-order chi connectivity index (χ0) is 18.5. The van der Waals surface area contributed by atoms with Gasteiger partial charge < -0.3 is 9.64 Å². The predicted octanol–water partition coefficient (Wildman–Crippen LogP) is 2.67. The number of nitrogens with zero attached hydrogens (tertiary/aromatic N) is 1. The van der Waals surface area contributed by atoms with E-state index < -0.39 is 0 Å². The molecule has 0 radical (unpaired) electrons. The van der Waals surface area contributed by atoms with Gasteiger partial charge in [-0.1, -0.05) is 44.2 Å². The van der Waals surface area contributed by atoms with E-state index in [1.165, 1.54) is 11.3 Å². The zero-order valence-electron chi connectivity index (χ0n) is 15.0. The Bertz CT molecular complexity index is 768. The van der Waals surface area contributed by atoms with Crippen LogP contribution in [0.4, 0.5) is 5.00 Å². The van der Waals surface area contributed by atoms with Crippen LogP contribution in [0.1, 0.15) is 23.5 Å². The SMILES string of the molecule is CC(C)C(=O)NNC(=O)c1cc(-c2ccccc2)c(N2CCOCC2)s1. The van der Waals surface area contributed by atoms with Crippen LogP contribution < -0.4 is 15.8 Å². The number of hydrogen-bond acceptors (Lipinski definition) is 5. The number of morpholine rings is 1. The second-order valence-corrected chi connectivity index (χ2v) is 7.42. The Morgan fingerprint density at radius 3 is 2.46 bits per heavy atom. The van der Waals surface area contributed by atoms with Crippen LogP contribution in [0.2, 0.25) is 0 Å². The van der Waals surface area contributed by atoms with E-state index in [0.29, 0.717) is 18.1 Å². The van der Waals surface area contributed by atoms with E-state index in [0.717, 1.165) is 29.2 Å².